The van der Waals surface area contributed by atoms with Gasteiger partial charge in [-0.3, -0.25) is 14.5 Å². The first-order valence-corrected chi connectivity index (χ1v) is 9.36. The minimum Gasteiger partial charge on any atom is -0.468 e. The van der Waals surface area contributed by atoms with Crippen molar-refractivity contribution < 1.29 is 9.53 Å². The molecule has 3 rings (SSSR count). The Morgan fingerprint density at radius 3 is 2.96 bits per heavy atom. The third-order valence-corrected chi connectivity index (χ3v) is 5.32. The average Bonchev–Trinajstić information content (AvgIpc) is 2.61. The molecule has 1 atom stereocenters. The topological polar surface area (TPSA) is 62.4 Å². The molecule has 1 N–H and O–H groups in total. The van der Waals surface area contributed by atoms with Gasteiger partial charge in [-0.05, 0) is 49.2 Å². The number of nitrogens with zero attached hydrogens (tertiary/aromatic N) is 1. The molecule has 0 amide bonds. The van der Waals surface area contributed by atoms with Gasteiger partial charge in [-0.15, -0.1) is 11.8 Å². The van der Waals surface area contributed by atoms with E-state index in [1.807, 2.05) is 30.5 Å². The number of thioether (sulfide) groups is 1. The van der Waals surface area contributed by atoms with Gasteiger partial charge < -0.3 is 9.72 Å². The monoisotopic (exact) mass is 346 g/mol. The summed E-state index contributed by atoms with van der Waals surface area (Å²) in [5.41, 5.74) is 1.45. The lowest BCUT2D eigenvalue weighted by atomic mass is 10.0. The molecular weight excluding hydrogens is 324 g/mol. The molecule has 128 valence electrons. The molecule has 1 aromatic carbocycles. The highest BCUT2D eigenvalue weighted by Crippen LogP contribution is 2.23. The lowest BCUT2D eigenvalue weighted by Crippen LogP contribution is -2.45. The van der Waals surface area contributed by atoms with Crippen molar-refractivity contribution >= 4 is 28.6 Å². The van der Waals surface area contributed by atoms with Crippen LogP contribution in [0.25, 0.3) is 10.9 Å². The molecule has 2 heterocycles. The van der Waals surface area contributed by atoms with Crippen LogP contribution in [0.4, 0.5) is 0 Å². The Hall–Kier alpha value is -1.79. The molecule has 2 aromatic rings. The number of likely N-dealkylation sites (tertiary alicyclic amines) is 1. The number of benzene rings is 1. The van der Waals surface area contributed by atoms with Crippen LogP contribution >= 0.6 is 11.8 Å². The summed E-state index contributed by atoms with van der Waals surface area (Å²) in [5.74, 6) is -0.212. The van der Waals surface area contributed by atoms with Crippen molar-refractivity contribution in [3.05, 3.63) is 40.2 Å². The van der Waals surface area contributed by atoms with E-state index in [1.165, 1.54) is 7.11 Å². The van der Waals surface area contributed by atoms with E-state index in [0.29, 0.717) is 12.1 Å². The first-order chi connectivity index (χ1) is 11.6. The SMILES string of the molecule is COC(=O)C1CCCCN1Cc1cc2ccc(SC)cc2[nH]c1=O. The maximum Gasteiger partial charge on any atom is 0.323 e. The fraction of sp³-hybridized carbons (Fsp3) is 0.444. The predicted octanol–water partition coefficient (Wildman–Crippen LogP) is 2.78. The second-order valence-corrected chi connectivity index (χ2v) is 6.96. The molecule has 0 saturated carbocycles. The molecule has 1 unspecified atom stereocenters. The van der Waals surface area contributed by atoms with Gasteiger partial charge in [0.2, 0.25) is 0 Å². The maximum absolute atomic E-state index is 12.4. The van der Waals surface area contributed by atoms with E-state index in [-0.39, 0.29) is 17.6 Å². The number of piperidine rings is 1. The summed E-state index contributed by atoms with van der Waals surface area (Å²) in [6.07, 6.45) is 4.85. The number of aromatic amines is 1. The standard InChI is InChI=1S/C18H22N2O3S/c1-23-18(22)16-5-3-4-8-20(16)11-13-9-12-6-7-14(24-2)10-15(12)19-17(13)21/h6-7,9-10,16H,3-5,8,11H2,1-2H3,(H,19,21). The number of fused-ring (bicyclic) bond motifs is 1. The van der Waals surface area contributed by atoms with Crippen LogP contribution in [0.2, 0.25) is 0 Å². The van der Waals surface area contributed by atoms with Crippen molar-refractivity contribution in [3.8, 4) is 0 Å². The zero-order chi connectivity index (χ0) is 17.1. The summed E-state index contributed by atoms with van der Waals surface area (Å²) in [6, 6.07) is 7.74. The normalized spacial score (nSPS) is 18.7. The van der Waals surface area contributed by atoms with Gasteiger partial charge in [0.1, 0.15) is 6.04 Å². The summed E-state index contributed by atoms with van der Waals surface area (Å²) in [5, 5.41) is 1.01. The highest BCUT2D eigenvalue weighted by atomic mass is 32.2. The van der Waals surface area contributed by atoms with Crippen molar-refractivity contribution in [2.24, 2.45) is 0 Å². The third kappa shape index (κ3) is 3.49. The molecule has 1 saturated heterocycles. The van der Waals surface area contributed by atoms with E-state index in [1.54, 1.807) is 11.8 Å². The summed E-state index contributed by atoms with van der Waals surface area (Å²) in [6.45, 7) is 1.28. The van der Waals surface area contributed by atoms with Gasteiger partial charge in [0.15, 0.2) is 0 Å². The van der Waals surface area contributed by atoms with E-state index in [0.717, 1.165) is 41.6 Å². The molecule has 0 spiro atoms. The van der Waals surface area contributed by atoms with E-state index < -0.39 is 0 Å². The molecular formula is C18H22N2O3S. The summed E-state index contributed by atoms with van der Waals surface area (Å²) >= 11 is 1.65. The van der Waals surface area contributed by atoms with Crippen molar-refractivity contribution in [2.45, 2.75) is 36.7 Å². The second-order valence-electron chi connectivity index (χ2n) is 6.08. The number of H-pyrrole nitrogens is 1. The van der Waals surface area contributed by atoms with E-state index in [9.17, 15) is 9.59 Å². The number of hydrogen-bond donors (Lipinski definition) is 1. The minimum atomic E-state index is -0.252. The van der Waals surface area contributed by atoms with Gasteiger partial charge in [0.05, 0.1) is 7.11 Å². The van der Waals surface area contributed by atoms with Crippen molar-refractivity contribution in [1.29, 1.82) is 0 Å². The molecule has 1 fully saturated rings. The van der Waals surface area contributed by atoms with Gasteiger partial charge in [-0.2, -0.15) is 0 Å². The van der Waals surface area contributed by atoms with E-state index >= 15 is 0 Å². The number of carbonyl (C=O) groups excluding carboxylic acids is 1. The fourth-order valence-electron chi connectivity index (χ4n) is 3.27. The Labute approximate surface area is 145 Å². The third-order valence-electron chi connectivity index (χ3n) is 4.59. The van der Waals surface area contributed by atoms with Crippen LogP contribution in [0.5, 0.6) is 0 Å². The molecule has 1 aliphatic rings. The molecule has 0 aliphatic carbocycles. The van der Waals surface area contributed by atoms with Crippen molar-refractivity contribution in [3.63, 3.8) is 0 Å². The number of pyridine rings is 1. The number of carbonyl (C=O) groups is 1. The Morgan fingerprint density at radius 2 is 2.21 bits per heavy atom. The number of aromatic nitrogens is 1. The quantitative estimate of drug-likeness (QED) is 0.681. The Balaban J connectivity index is 1.89. The van der Waals surface area contributed by atoms with Crippen LogP contribution in [0.1, 0.15) is 24.8 Å². The van der Waals surface area contributed by atoms with Gasteiger partial charge in [0.25, 0.3) is 5.56 Å². The Morgan fingerprint density at radius 1 is 1.38 bits per heavy atom. The second kappa shape index (κ2) is 7.40. The van der Waals surface area contributed by atoms with Crippen LogP contribution in [0, 0.1) is 0 Å². The van der Waals surface area contributed by atoms with E-state index in [4.69, 9.17) is 4.74 Å². The van der Waals surface area contributed by atoms with Crippen molar-refractivity contribution in [2.75, 3.05) is 19.9 Å². The Kier molecular flexibility index (Phi) is 5.26. The average molecular weight is 346 g/mol. The molecule has 24 heavy (non-hydrogen) atoms. The first kappa shape index (κ1) is 17.0. The molecule has 6 heteroatoms. The first-order valence-electron chi connectivity index (χ1n) is 8.14. The van der Waals surface area contributed by atoms with E-state index in [2.05, 4.69) is 9.88 Å². The number of ether oxygens (including phenoxy) is 1. The maximum atomic E-state index is 12.4. The zero-order valence-electron chi connectivity index (χ0n) is 14.0. The van der Waals surface area contributed by atoms with Crippen LogP contribution in [0.3, 0.4) is 0 Å². The largest absolute Gasteiger partial charge is 0.468 e. The highest BCUT2D eigenvalue weighted by Gasteiger charge is 2.29. The molecule has 0 bridgehead atoms. The summed E-state index contributed by atoms with van der Waals surface area (Å²) < 4.78 is 4.91. The van der Waals surface area contributed by atoms with Gasteiger partial charge in [0, 0.05) is 22.5 Å². The number of methoxy groups -OCH3 is 1. The van der Waals surface area contributed by atoms with Crippen LogP contribution in [-0.2, 0) is 16.1 Å². The Bertz CT molecular complexity index is 802. The number of rotatable bonds is 4. The minimum absolute atomic E-state index is 0.0880. The highest BCUT2D eigenvalue weighted by molar-refractivity contribution is 7.98. The number of esters is 1. The predicted molar refractivity (Wildman–Crippen MR) is 96.4 cm³/mol. The lowest BCUT2D eigenvalue weighted by Gasteiger charge is -2.33. The molecule has 1 aromatic heterocycles. The lowest BCUT2D eigenvalue weighted by molar-refractivity contribution is -0.148. The molecule has 0 radical (unpaired) electrons. The van der Waals surface area contributed by atoms with Gasteiger partial charge in [-0.25, -0.2) is 0 Å². The van der Waals surface area contributed by atoms with Gasteiger partial charge in [-0.1, -0.05) is 12.5 Å². The fourth-order valence-corrected chi connectivity index (χ4v) is 3.71. The van der Waals surface area contributed by atoms with Crippen LogP contribution in [0.15, 0.2) is 34.0 Å². The van der Waals surface area contributed by atoms with Crippen molar-refractivity contribution in [1.82, 2.24) is 9.88 Å². The number of nitrogens with one attached hydrogen (secondary N) is 1. The molecule has 5 nitrogen and oxygen atoms in total. The van der Waals surface area contributed by atoms with Crippen LogP contribution in [-0.4, -0.2) is 41.8 Å². The zero-order valence-corrected chi connectivity index (χ0v) is 14.8. The summed E-state index contributed by atoms with van der Waals surface area (Å²) in [4.78, 5) is 30.6. The van der Waals surface area contributed by atoms with Crippen LogP contribution < -0.4 is 5.56 Å². The summed E-state index contributed by atoms with van der Waals surface area (Å²) in [7, 11) is 1.42. The van der Waals surface area contributed by atoms with Gasteiger partial charge >= 0.3 is 5.97 Å². The smallest absolute Gasteiger partial charge is 0.323 e. The number of hydrogen-bond acceptors (Lipinski definition) is 5. The molecule has 1 aliphatic heterocycles.